The first-order valence-corrected chi connectivity index (χ1v) is 7.02. The monoisotopic (exact) mass is 270 g/mol. The van der Waals surface area contributed by atoms with Crippen LogP contribution in [0.1, 0.15) is 33.3 Å². The van der Waals surface area contributed by atoms with E-state index in [-0.39, 0.29) is 12.1 Å². The summed E-state index contributed by atoms with van der Waals surface area (Å²) in [6.45, 7) is 9.05. The van der Waals surface area contributed by atoms with E-state index >= 15 is 0 Å². The van der Waals surface area contributed by atoms with Gasteiger partial charge in [0.25, 0.3) is 0 Å². The van der Waals surface area contributed by atoms with Gasteiger partial charge in [-0.05, 0) is 50.1 Å². The molecule has 0 radical (unpaired) electrons. The van der Waals surface area contributed by atoms with Gasteiger partial charge < -0.3 is 15.4 Å². The molecule has 1 rings (SSSR count). The van der Waals surface area contributed by atoms with Gasteiger partial charge in [0.2, 0.25) is 0 Å². The van der Waals surface area contributed by atoms with Gasteiger partial charge in [-0.2, -0.15) is 11.3 Å². The first-order valence-electron chi connectivity index (χ1n) is 6.08. The van der Waals surface area contributed by atoms with Crippen molar-refractivity contribution in [2.45, 2.75) is 45.9 Å². The summed E-state index contributed by atoms with van der Waals surface area (Å²) in [6.07, 6.45) is -0.368. The lowest BCUT2D eigenvalue weighted by atomic mass is 10.2. The van der Waals surface area contributed by atoms with Crippen molar-refractivity contribution in [3.8, 4) is 0 Å². The predicted molar refractivity (Wildman–Crippen MR) is 74.9 cm³/mol. The van der Waals surface area contributed by atoms with E-state index in [1.165, 1.54) is 5.56 Å². The third-order valence-electron chi connectivity index (χ3n) is 2.12. The molecule has 102 valence electrons. The summed E-state index contributed by atoms with van der Waals surface area (Å²) in [4.78, 5) is 11.5. The Kier molecular flexibility index (Phi) is 5.62. The maximum Gasteiger partial charge on any atom is 0.407 e. The molecule has 2 N–H and O–H groups in total. The zero-order valence-corrected chi connectivity index (χ0v) is 12.3. The van der Waals surface area contributed by atoms with E-state index in [0.717, 1.165) is 13.1 Å². The maximum atomic E-state index is 11.5. The summed E-state index contributed by atoms with van der Waals surface area (Å²) in [7, 11) is 0. The van der Waals surface area contributed by atoms with Crippen molar-refractivity contribution in [2.24, 2.45) is 0 Å². The first kappa shape index (κ1) is 15.0. The van der Waals surface area contributed by atoms with Crippen LogP contribution in [0.3, 0.4) is 0 Å². The number of thiophene rings is 1. The lowest BCUT2D eigenvalue weighted by molar-refractivity contribution is 0.0508. The quantitative estimate of drug-likeness (QED) is 0.865. The highest BCUT2D eigenvalue weighted by molar-refractivity contribution is 7.07. The van der Waals surface area contributed by atoms with Gasteiger partial charge in [0.1, 0.15) is 5.60 Å². The highest BCUT2D eigenvalue weighted by atomic mass is 32.1. The number of alkyl carbamates (subject to hydrolysis) is 1. The van der Waals surface area contributed by atoms with E-state index in [1.807, 2.05) is 27.7 Å². The molecule has 5 heteroatoms. The van der Waals surface area contributed by atoms with Gasteiger partial charge in [0.15, 0.2) is 0 Å². The minimum Gasteiger partial charge on any atom is -0.444 e. The summed E-state index contributed by atoms with van der Waals surface area (Å²) in [6, 6.07) is 2.13. The Morgan fingerprint density at radius 2 is 2.22 bits per heavy atom. The molecule has 0 aliphatic carbocycles. The van der Waals surface area contributed by atoms with Crippen LogP contribution in [-0.2, 0) is 11.3 Å². The van der Waals surface area contributed by atoms with Crippen molar-refractivity contribution in [3.63, 3.8) is 0 Å². The van der Waals surface area contributed by atoms with Crippen LogP contribution in [0.2, 0.25) is 0 Å². The van der Waals surface area contributed by atoms with E-state index < -0.39 is 5.60 Å². The van der Waals surface area contributed by atoms with Crippen molar-refractivity contribution in [2.75, 3.05) is 6.54 Å². The van der Waals surface area contributed by atoms with E-state index in [1.54, 1.807) is 11.3 Å². The van der Waals surface area contributed by atoms with Crippen molar-refractivity contribution < 1.29 is 9.53 Å². The van der Waals surface area contributed by atoms with Gasteiger partial charge in [0, 0.05) is 19.1 Å². The molecule has 1 atom stereocenters. The van der Waals surface area contributed by atoms with Crippen LogP contribution in [0.15, 0.2) is 16.8 Å². The average Bonchev–Trinajstić information content (AvgIpc) is 2.66. The molecule has 1 aromatic heterocycles. The lowest BCUT2D eigenvalue weighted by Gasteiger charge is -2.22. The van der Waals surface area contributed by atoms with E-state index in [9.17, 15) is 4.79 Å². The Balaban J connectivity index is 2.17. The average molecular weight is 270 g/mol. The van der Waals surface area contributed by atoms with Gasteiger partial charge in [-0.25, -0.2) is 4.79 Å². The van der Waals surface area contributed by atoms with Gasteiger partial charge in [-0.3, -0.25) is 0 Å². The summed E-state index contributed by atoms with van der Waals surface area (Å²) in [5.41, 5.74) is 0.818. The fourth-order valence-electron chi connectivity index (χ4n) is 1.39. The predicted octanol–water partition coefficient (Wildman–Crippen LogP) is 2.75. The summed E-state index contributed by atoms with van der Waals surface area (Å²) in [5, 5.41) is 10.3. The number of ether oxygens (including phenoxy) is 1. The van der Waals surface area contributed by atoms with Crippen molar-refractivity contribution in [1.29, 1.82) is 0 Å². The molecule has 0 aliphatic heterocycles. The fraction of sp³-hybridized carbons (Fsp3) is 0.615. The van der Waals surface area contributed by atoms with E-state index in [2.05, 4.69) is 27.5 Å². The number of nitrogens with one attached hydrogen (secondary N) is 2. The summed E-state index contributed by atoms with van der Waals surface area (Å²) < 4.78 is 5.18. The molecular weight excluding hydrogens is 248 g/mol. The zero-order valence-electron chi connectivity index (χ0n) is 11.4. The molecule has 0 aromatic carbocycles. The molecule has 0 saturated carbocycles. The molecule has 4 nitrogen and oxygen atoms in total. The number of hydrogen-bond acceptors (Lipinski definition) is 4. The topological polar surface area (TPSA) is 50.4 Å². The number of rotatable bonds is 5. The molecule has 0 bridgehead atoms. The molecule has 1 unspecified atom stereocenters. The third-order valence-corrected chi connectivity index (χ3v) is 2.85. The molecule has 1 amide bonds. The molecule has 1 aromatic rings. The van der Waals surface area contributed by atoms with Crippen LogP contribution in [0.4, 0.5) is 4.79 Å². The number of carbonyl (C=O) groups excluding carboxylic acids is 1. The van der Waals surface area contributed by atoms with Crippen LogP contribution in [-0.4, -0.2) is 24.3 Å². The summed E-state index contributed by atoms with van der Waals surface area (Å²) >= 11 is 1.69. The second-order valence-electron chi connectivity index (χ2n) is 5.31. The minimum absolute atomic E-state index is 0.0403. The van der Waals surface area contributed by atoms with Crippen LogP contribution < -0.4 is 10.6 Å². The Morgan fingerprint density at radius 1 is 1.50 bits per heavy atom. The Labute approximate surface area is 113 Å². The Bertz CT molecular complexity index is 358. The largest absolute Gasteiger partial charge is 0.444 e. The van der Waals surface area contributed by atoms with Crippen LogP contribution in [0.25, 0.3) is 0 Å². The number of carbonyl (C=O) groups is 1. The molecule has 0 saturated heterocycles. The van der Waals surface area contributed by atoms with Crippen molar-refractivity contribution >= 4 is 17.4 Å². The maximum absolute atomic E-state index is 11.5. The van der Waals surface area contributed by atoms with Gasteiger partial charge in [0.05, 0.1) is 0 Å². The SMILES string of the molecule is CC(CNCc1ccsc1)NC(=O)OC(C)(C)C. The molecule has 1 heterocycles. The van der Waals surface area contributed by atoms with E-state index in [0.29, 0.717) is 0 Å². The number of hydrogen-bond donors (Lipinski definition) is 2. The molecule has 18 heavy (non-hydrogen) atoms. The van der Waals surface area contributed by atoms with Gasteiger partial charge >= 0.3 is 6.09 Å². The highest BCUT2D eigenvalue weighted by Crippen LogP contribution is 2.07. The normalized spacial score (nSPS) is 13.1. The molecule has 0 aliphatic rings. The summed E-state index contributed by atoms with van der Waals surface area (Å²) in [5.74, 6) is 0. The standard InChI is InChI=1S/C13H22N2O2S/c1-10(15-12(16)17-13(2,3)4)7-14-8-11-5-6-18-9-11/h5-6,9-10,14H,7-8H2,1-4H3,(H,15,16). The Hall–Kier alpha value is -1.07. The van der Waals surface area contributed by atoms with Gasteiger partial charge in [-0.1, -0.05) is 0 Å². The number of amides is 1. The lowest BCUT2D eigenvalue weighted by Crippen LogP contribution is -2.42. The Morgan fingerprint density at radius 3 is 2.78 bits per heavy atom. The van der Waals surface area contributed by atoms with Crippen molar-refractivity contribution in [3.05, 3.63) is 22.4 Å². The van der Waals surface area contributed by atoms with Crippen molar-refractivity contribution in [1.82, 2.24) is 10.6 Å². The van der Waals surface area contributed by atoms with Gasteiger partial charge in [-0.15, -0.1) is 0 Å². The fourth-order valence-corrected chi connectivity index (χ4v) is 2.05. The molecule has 0 fully saturated rings. The smallest absolute Gasteiger partial charge is 0.407 e. The van der Waals surface area contributed by atoms with Crippen LogP contribution >= 0.6 is 11.3 Å². The highest BCUT2D eigenvalue weighted by Gasteiger charge is 2.17. The van der Waals surface area contributed by atoms with Crippen LogP contribution in [0, 0.1) is 0 Å². The molecular formula is C13H22N2O2S. The first-order chi connectivity index (χ1) is 8.37. The second-order valence-corrected chi connectivity index (χ2v) is 6.09. The zero-order chi connectivity index (χ0) is 13.6. The van der Waals surface area contributed by atoms with E-state index in [4.69, 9.17) is 4.74 Å². The molecule has 0 spiro atoms. The second kappa shape index (κ2) is 6.75. The van der Waals surface area contributed by atoms with Crippen LogP contribution in [0.5, 0.6) is 0 Å². The third kappa shape index (κ3) is 6.61. The minimum atomic E-state index is -0.450.